The van der Waals surface area contributed by atoms with E-state index in [2.05, 4.69) is 5.32 Å². The van der Waals surface area contributed by atoms with Crippen molar-refractivity contribution in [3.05, 3.63) is 54.1 Å². The van der Waals surface area contributed by atoms with Gasteiger partial charge in [-0.3, -0.25) is 9.59 Å². The number of carbonyl (C=O) groups excluding carboxylic acids is 2. The summed E-state index contributed by atoms with van der Waals surface area (Å²) in [5, 5.41) is 2.47. The van der Waals surface area contributed by atoms with Crippen LogP contribution in [0.1, 0.15) is 18.4 Å². The summed E-state index contributed by atoms with van der Waals surface area (Å²) in [5.74, 6) is -0.0284. The molecule has 0 saturated carbocycles. The summed E-state index contributed by atoms with van der Waals surface area (Å²) in [7, 11) is 0. The Morgan fingerprint density at radius 2 is 1.89 bits per heavy atom. The third-order valence-electron chi connectivity index (χ3n) is 4.07. The fraction of sp³-hybridized carbons (Fsp3) is 0.263. The Hall–Kier alpha value is -3.03. The number of halogens is 3. The molecule has 0 unspecified atom stereocenters. The molecule has 0 aromatic heterocycles. The molecule has 1 N–H and O–H groups in total. The second-order valence-corrected chi connectivity index (χ2v) is 6.06. The minimum Gasteiger partial charge on any atom is -0.484 e. The largest absolute Gasteiger partial charge is 0.484 e. The van der Waals surface area contributed by atoms with Crippen molar-refractivity contribution in [1.29, 1.82) is 0 Å². The molecule has 0 atom stereocenters. The van der Waals surface area contributed by atoms with Gasteiger partial charge in [-0.15, -0.1) is 0 Å². The van der Waals surface area contributed by atoms with Crippen molar-refractivity contribution in [3.63, 3.8) is 0 Å². The third-order valence-corrected chi connectivity index (χ3v) is 4.07. The van der Waals surface area contributed by atoms with Crippen LogP contribution in [0.5, 0.6) is 5.75 Å². The monoisotopic (exact) mass is 378 g/mol. The van der Waals surface area contributed by atoms with Crippen molar-refractivity contribution in [1.82, 2.24) is 0 Å². The fourth-order valence-electron chi connectivity index (χ4n) is 2.75. The second kappa shape index (κ2) is 7.69. The fourth-order valence-corrected chi connectivity index (χ4v) is 2.75. The van der Waals surface area contributed by atoms with Crippen LogP contribution in [0.2, 0.25) is 0 Å². The molecule has 1 heterocycles. The quantitative estimate of drug-likeness (QED) is 0.860. The summed E-state index contributed by atoms with van der Waals surface area (Å²) in [5.41, 5.74) is 0.163. The lowest BCUT2D eigenvalue weighted by atomic mass is 10.2. The van der Waals surface area contributed by atoms with Crippen LogP contribution < -0.4 is 15.0 Å². The normalized spacial score (nSPS) is 14.3. The van der Waals surface area contributed by atoms with Crippen LogP contribution in [0.3, 0.4) is 0 Å². The molecule has 2 aromatic carbocycles. The predicted octanol–water partition coefficient (Wildman–Crippen LogP) is 3.85. The van der Waals surface area contributed by atoms with Gasteiger partial charge in [0.05, 0.1) is 5.56 Å². The van der Waals surface area contributed by atoms with E-state index in [-0.39, 0.29) is 18.2 Å². The maximum atomic E-state index is 12.5. The van der Waals surface area contributed by atoms with Gasteiger partial charge in [0.2, 0.25) is 5.91 Å². The Labute approximate surface area is 153 Å². The number of carbonyl (C=O) groups is 2. The van der Waals surface area contributed by atoms with E-state index in [1.165, 1.54) is 12.1 Å². The molecule has 1 fully saturated rings. The zero-order valence-corrected chi connectivity index (χ0v) is 14.3. The second-order valence-electron chi connectivity index (χ2n) is 6.06. The van der Waals surface area contributed by atoms with Crippen LogP contribution >= 0.6 is 0 Å². The molecule has 142 valence electrons. The van der Waals surface area contributed by atoms with Crippen LogP contribution in [-0.4, -0.2) is 25.0 Å². The standard InChI is InChI=1S/C19H17F3N2O3/c20-19(21,22)13-6-8-14(9-7-13)23-17(25)12-27-16-4-1-3-15(11-16)24-10-2-5-18(24)26/h1,3-4,6-9,11H,2,5,10,12H2,(H,23,25). The van der Waals surface area contributed by atoms with E-state index in [0.29, 0.717) is 24.4 Å². The summed E-state index contributed by atoms with van der Waals surface area (Å²) < 4.78 is 43.0. The van der Waals surface area contributed by atoms with Crippen molar-refractivity contribution in [2.75, 3.05) is 23.4 Å². The molecule has 1 aliphatic rings. The zero-order chi connectivity index (χ0) is 19.4. The van der Waals surface area contributed by atoms with Crippen molar-refractivity contribution >= 4 is 23.2 Å². The van der Waals surface area contributed by atoms with Crippen LogP contribution in [0.25, 0.3) is 0 Å². The van der Waals surface area contributed by atoms with Gasteiger partial charge in [-0.25, -0.2) is 0 Å². The lowest BCUT2D eigenvalue weighted by Gasteiger charge is -2.16. The van der Waals surface area contributed by atoms with Gasteiger partial charge in [0.1, 0.15) is 5.75 Å². The Kier molecular flexibility index (Phi) is 5.34. The minimum atomic E-state index is -4.42. The lowest BCUT2D eigenvalue weighted by molar-refractivity contribution is -0.137. The van der Waals surface area contributed by atoms with Crippen LogP contribution in [-0.2, 0) is 15.8 Å². The first-order chi connectivity index (χ1) is 12.8. The Balaban J connectivity index is 1.55. The first-order valence-corrected chi connectivity index (χ1v) is 8.33. The maximum absolute atomic E-state index is 12.5. The van der Waals surface area contributed by atoms with Crippen molar-refractivity contribution in [2.45, 2.75) is 19.0 Å². The molecule has 1 saturated heterocycles. The molecule has 0 radical (unpaired) electrons. The van der Waals surface area contributed by atoms with Gasteiger partial charge in [0.15, 0.2) is 6.61 Å². The number of anilines is 2. The number of benzene rings is 2. The average Bonchev–Trinajstić information content (AvgIpc) is 3.06. The molecule has 0 bridgehead atoms. The highest BCUT2D eigenvalue weighted by Crippen LogP contribution is 2.30. The van der Waals surface area contributed by atoms with E-state index < -0.39 is 17.6 Å². The zero-order valence-electron chi connectivity index (χ0n) is 14.3. The lowest BCUT2D eigenvalue weighted by Crippen LogP contribution is -2.24. The Morgan fingerprint density at radius 1 is 1.15 bits per heavy atom. The SMILES string of the molecule is O=C(COc1cccc(N2CCCC2=O)c1)Nc1ccc(C(F)(F)F)cc1. The van der Waals surface area contributed by atoms with Crippen LogP contribution in [0, 0.1) is 0 Å². The number of hydrogen-bond acceptors (Lipinski definition) is 3. The molecule has 0 aliphatic carbocycles. The molecular formula is C19H17F3N2O3. The summed E-state index contributed by atoms with van der Waals surface area (Å²) in [4.78, 5) is 25.4. The highest BCUT2D eigenvalue weighted by Gasteiger charge is 2.30. The van der Waals surface area contributed by atoms with Gasteiger partial charge in [0, 0.05) is 30.4 Å². The highest BCUT2D eigenvalue weighted by atomic mass is 19.4. The number of nitrogens with zero attached hydrogens (tertiary/aromatic N) is 1. The van der Waals surface area contributed by atoms with E-state index in [4.69, 9.17) is 4.74 Å². The third kappa shape index (κ3) is 4.78. The molecule has 8 heteroatoms. The van der Waals surface area contributed by atoms with Gasteiger partial charge >= 0.3 is 6.18 Å². The number of nitrogens with one attached hydrogen (secondary N) is 1. The summed E-state index contributed by atoms with van der Waals surface area (Å²) in [6.07, 6.45) is -3.10. The molecule has 1 aliphatic heterocycles. The van der Waals surface area contributed by atoms with Gasteiger partial charge in [-0.05, 0) is 42.8 Å². The molecule has 5 nitrogen and oxygen atoms in total. The molecular weight excluding hydrogens is 361 g/mol. The summed E-state index contributed by atoms with van der Waals surface area (Å²) in [6, 6.07) is 11.0. The number of ether oxygens (including phenoxy) is 1. The minimum absolute atomic E-state index is 0.0483. The Bertz CT molecular complexity index is 835. The van der Waals surface area contributed by atoms with Gasteiger partial charge in [-0.2, -0.15) is 13.2 Å². The van der Waals surface area contributed by atoms with Gasteiger partial charge in [-0.1, -0.05) is 6.07 Å². The maximum Gasteiger partial charge on any atom is 0.416 e. The number of amides is 2. The Morgan fingerprint density at radius 3 is 2.52 bits per heavy atom. The number of rotatable bonds is 5. The topological polar surface area (TPSA) is 58.6 Å². The van der Waals surface area contributed by atoms with E-state index in [1.54, 1.807) is 29.2 Å². The van der Waals surface area contributed by atoms with Crippen LogP contribution in [0.4, 0.5) is 24.5 Å². The van der Waals surface area contributed by atoms with Crippen LogP contribution in [0.15, 0.2) is 48.5 Å². The molecule has 2 amide bonds. The first kappa shape index (κ1) is 18.8. The van der Waals surface area contributed by atoms with E-state index in [0.717, 1.165) is 18.6 Å². The summed E-state index contributed by atoms with van der Waals surface area (Å²) >= 11 is 0. The van der Waals surface area contributed by atoms with Crippen molar-refractivity contribution in [2.24, 2.45) is 0 Å². The number of hydrogen-bond donors (Lipinski definition) is 1. The number of alkyl halides is 3. The molecule has 0 spiro atoms. The molecule has 3 rings (SSSR count). The molecule has 27 heavy (non-hydrogen) atoms. The average molecular weight is 378 g/mol. The smallest absolute Gasteiger partial charge is 0.416 e. The predicted molar refractivity (Wildman–Crippen MR) is 93.6 cm³/mol. The van der Waals surface area contributed by atoms with Crippen molar-refractivity contribution in [3.8, 4) is 5.75 Å². The van der Waals surface area contributed by atoms with Crippen molar-refractivity contribution < 1.29 is 27.5 Å². The highest BCUT2D eigenvalue weighted by molar-refractivity contribution is 5.95. The summed E-state index contributed by atoms with van der Waals surface area (Å²) in [6.45, 7) is 0.342. The van der Waals surface area contributed by atoms with Gasteiger partial charge in [0.25, 0.3) is 5.91 Å². The van der Waals surface area contributed by atoms with E-state index >= 15 is 0 Å². The van der Waals surface area contributed by atoms with Gasteiger partial charge < -0.3 is 15.0 Å². The first-order valence-electron chi connectivity index (χ1n) is 8.33. The molecule has 2 aromatic rings. The van der Waals surface area contributed by atoms with E-state index in [9.17, 15) is 22.8 Å². The van der Waals surface area contributed by atoms with E-state index in [1.807, 2.05) is 0 Å².